The van der Waals surface area contributed by atoms with Gasteiger partial charge in [0.15, 0.2) is 0 Å². The molecule has 0 heterocycles. The van der Waals surface area contributed by atoms with Crippen LogP contribution < -0.4 is 10.5 Å². The standard InChI is InChI=1S/C14H23BrN2O3S/c1-2-3-8-20-9-4-7-17-21(18,19)14-6-5-12(11-16)10-13(14)15/h5-6,10,17H,2-4,7-9,11,16H2,1H3. The molecule has 0 saturated carbocycles. The number of unbranched alkanes of at least 4 members (excludes halogenated alkanes) is 1. The van der Waals surface area contributed by atoms with Gasteiger partial charge in [0.2, 0.25) is 10.0 Å². The summed E-state index contributed by atoms with van der Waals surface area (Å²) in [5.74, 6) is 0. The Hall–Kier alpha value is -0.470. The second-order valence-electron chi connectivity index (χ2n) is 4.69. The van der Waals surface area contributed by atoms with Crippen LogP contribution in [0, 0.1) is 0 Å². The van der Waals surface area contributed by atoms with E-state index in [1.807, 2.05) is 0 Å². The van der Waals surface area contributed by atoms with Gasteiger partial charge < -0.3 is 10.5 Å². The van der Waals surface area contributed by atoms with E-state index in [1.165, 1.54) is 0 Å². The van der Waals surface area contributed by atoms with Gasteiger partial charge in [-0.3, -0.25) is 0 Å². The summed E-state index contributed by atoms with van der Waals surface area (Å²) in [6, 6.07) is 5.00. The molecule has 0 saturated heterocycles. The molecule has 1 rings (SSSR count). The van der Waals surface area contributed by atoms with Gasteiger partial charge in [-0.15, -0.1) is 0 Å². The molecule has 0 aliphatic carbocycles. The van der Waals surface area contributed by atoms with Crippen molar-refractivity contribution in [2.75, 3.05) is 19.8 Å². The zero-order valence-corrected chi connectivity index (χ0v) is 14.7. The normalized spacial score (nSPS) is 11.8. The lowest BCUT2D eigenvalue weighted by Crippen LogP contribution is -2.26. The summed E-state index contributed by atoms with van der Waals surface area (Å²) in [7, 11) is -3.51. The molecule has 0 amide bonds. The monoisotopic (exact) mass is 378 g/mol. The van der Waals surface area contributed by atoms with Crippen LogP contribution in [0.4, 0.5) is 0 Å². The minimum atomic E-state index is -3.51. The zero-order valence-electron chi connectivity index (χ0n) is 12.3. The molecule has 1 aromatic carbocycles. The van der Waals surface area contributed by atoms with Gasteiger partial charge in [-0.2, -0.15) is 0 Å². The minimum Gasteiger partial charge on any atom is -0.381 e. The van der Waals surface area contributed by atoms with E-state index in [9.17, 15) is 8.42 Å². The van der Waals surface area contributed by atoms with Crippen molar-refractivity contribution in [3.63, 3.8) is 0 Å². The SMILES string of the molecule is CCCCOCCCNS(=O)(=O)c1ccc(CN)cc1Br. The first-order valence-electron chi connectivity index (χ1n) is 7.07. The third-order valence-corrected chi connectivity index (χ3v) is 5.36. The quantitative estimate of drug-likeness (QED) is 0.612. The molecular formula is C14H23BrN2O3S. The second kappa shape index (κ2) is 9.53. The van der Waals surface area contributed by atoms with Crippen LogP contribution in [0.2, 0.25) is 0 Å². The lowest BCUT2D eigenvalue weighted by molar-refractivity contribution is 0.130. The Morgan fingerprint density at radius 1 is 1.29 bits per heavy atom. The van der Waals surface area contributed by atoms with Gasteiger partial charge in [-0.05, 0) is 46.5 Å². The lowest BCUT2D eigenvalue weighted by atomic mass is 10.2. The highest BCUT2D eigenvalue weighted by Gasteiger charge is 2.16. The predicted octanol–water partition coefficient (Wildman–Crippen LogP) is 2.39. The minimum absolute atomic E-state index is 0.228. The number of hydrogen-bond donors (Lipinski definition) is 2. The summed E-state index contributed by atoms with van der Waals surface area (Å²) < 4.78 is 32.8. The summed E-state index contributed by atoms with van der Waals surface area (Å²) in [5, 5.41) is 0. The molecular weight excluding hydrogens is 356 g/mol. The van der Waals surface area contributed by atoms with Crippen LogP contribution in [-0.4, -0.2) is 28.2 Å². The highest BCUT2D eigenvalue weighted by molar-refractivity contribution is 9.10. The molecule has 5 nitrogen and oxygen atoms in total. The van der Waals surface area contributed by atoms with Crippen molar-refractivity contribution in [1.82, 2.24) is 4.72 Å². The Kier molecular flexibility index (Phi) is 8.43. The Morgan fingerprint density at radius 3 is 2.62 bits per heavy atom. The van der Waals surface area contributed by atoms with Gasteiger partial charge >= 0.3 is 0 Å². The number of nitrogens with two attached hydrogens (primary N) is 1. The maximum atomic E-state index is 12.2. The summed E-state index contributed by atoms with van der Waals surface area (Å²) >= 11 is 3.28. The molecule has 0 aromatic heterocycles. The van der Waals surface area contributed by atoms with E-state index in [0.29, 0.717) is 30.6 Å². The van der Waals surface area contributed by atoms with Crippen molar-refractivity contribution in [3.05, 3.63) is 28.2 Å². The Labute approximate surface area is 135 Å². The van der Waals surface area contributed by atoms with Crippen molar-refractivity contribution < 1.29 is 13.2 Å². The van der Waals surface area contributed by atoms with E-state index in [1.54, 1.807) is 18.2 Å². The molecule has 3 N–H and O–H groups in total. The van der Waals surface area contributed by atoms with Crippen molar-refractivity contribution in [2.45, 2.75) is 37.6 Å². The van der Waals surface area contributed by atoms with E-state index in [-0.39, 0.29) is 4.90 Å². The van der Waals surface area contributed by atoms with E-state index in [0.717, 1.165) is 25.0 Å². The summed E-state index contributed by atoms with van der Waals surface area (Å²) in [4.78, 5) is 0.228. The third kappa shape index (κ3) is 6.44. The van der Waals surface area contributed by atoms with Gasteiger partial charge in [0.1, 0.15) is 0 Å². The third-order valence-electron chi connectivity index (χ3n) is 2.92. The number of hydrogen-bond acceptors (Lipinski definition) is 4. The van der Waals surface area contributed by atoms with Crippen molar-refractivity contribution in [3.8, 4) is 0 Å². The lowest BCUT2D eigenvalue weighted by Gasteiger charge is -2.10. The van der Waals surface area contributed by atoms with Crippen LogP contribution in [0.3, 0.4) is 0 Å². The molecule has 0 aliphatic rings. The zero-order chi connectivity index (χ0) is 15.7. The molecule has 0 radical (unpaired) electrons. The maximum Gasteiger partial charge on any atom is 0.241 e. The van der Waals surface area contributed by atoms with Crippen LogP contribution in [-0.2, 0) is 21.3 Å². The number of benzene rings is 1. The molecule has 120 valence electrons. The number of nitrogens with one attached hydrogen (secondary N) is 1. The van der Waals surface area contributed by atoms with Crippen molar-refractivity contribution in [1.29, 1.82) is 0 Å². The first-order chi connectivity index (χ1) is 10.0. The highest BCUT2D eigenvalue weighted by Crippen LogP contribution is 2.22. The van der Waals surface area contributed by atoms with E-state index in [2.05, 4.69) is 27.6 Å². The van der Waals surface area contributed by atoms with Crippen molar-refractivity contribution in [2.24, 2.45) is 5.73 Å². The Bertz CT molecular complexity index is 535. The predicted molar refractivity (Wildman–Crippen MR) is 87.6 cm³/mol. The topological polar surface area (TPSA) is 81.4 Å². The van der Waals surface area contributed by atoms with Crippen LogP contribution in [0.25, 0.3) is 0 Å². The van der Waals surface area contributed by atoms with Crippen molar-refractivity contribution >= 4 is 26.0 Å². The van der Waals surface area contributed by atoms with Gasteiger partial charge in [0.25, 0.3) is 0 Å². The maximum absolute atomic E-state index is 12.2. The fourth-order valence-corrected chi connectivity index (χ4v) is 3.89. The smallest absolute Gasteiger partial charge is 0.241 e. The number of halogens is 1. The molecule has 1 aromatic rings. The first kappa shape index (κ1) is 18.6. The van der Waals surface area contributed by atoms with E-state index >= 15 is 0 Å². The molecule has 0 fully saturated rings. The Morgan fingerprint density at radius 2 is 2.00 bits per heavy atom. The van der Waals surface area contributed by atoms with Crippen LogP contribution in [0.15, 0.2) is 27.6 Å². The molecule has 0 atom stereocenters. The number of ether oxygens (including phenoxy) is 1. The van der Waals surface area contributed by atoms with E-state index in [4.69, 9.17) is 10.5 Å². The molecule has 0 bridgehead atoms. The molecule has 21 heavy (non-hydrogen) atoms. The fourth-order valence-electron chi connectivity index (χ4n) is 1.70. The fraction of sp³-hybridized carbons (Fsp3) is 0.571. The first-order valence-corrected chi connectivity index (χ1v) is 9.34. The van der Waals surface area contributed by atoms with Crippen LogP contribution in [0.1, 0.15) is 31.7 Å². The van der Waals surface area contributed by atoms with Gasteiger partial charge in [-0.25, -0.2) is 13.1 Å². The van der Waals surface area contributed by atoms with E-state index < -0.39 is 10.0 Å². The summed E-state index contributed by atoms with van der Waals surface area (Å²) in [6.07, 6.45) is 2.78. The average Bonchev–Trinajstić information content (AvgIpc) is 2.45. The average molecular weight is 379 g/mol. The molecule has 0 unspecified atom stereocenters. The van der Waals surface area contributed by atoms with Crippen LogP contribution in [0.5, 0.6) is 0 Å². The van der Waals surface area contributed by atoms with Crippen LogP contribution >= 0.6 is 15.9 Å². The summed E-state index contributed by atoms with van der Waals surface area (Å²) in [6.45, 7) is 4.14. The molecule has 0 spiro atoms. The largest absolute Gasteiger partial charge is 0.381 e. The van der Waals surface area contributed by atoms with Gasteiger partial charge in [0.05, 0.1) is 4.90 Å². The highest BCUT2D eigenvalue weighted by atomic mass is 79.9. The summed E-state index contributed by atoms with van der Waals surface area (Å²) in [5.41, 5.74) is 6.41. The Balaban J connectivity index is 2.46. The molecule has 0 aliphatic heterocycles. The molecule has 7 heteroatoms. The van der Waals surface area contributed by atoms with Gasteiger partial charge in [0, 0.05) is 30.8 Å². The number of sulfonamides is 1. The number of rotatable bonds is 10. The second-order valence-corrected chi connectivity index (χ2v) is 7.28. The van der Waals surface area contributed by atoms with Gasteiger partial charge in [-0.1, -0.05) is 19.4 Å².